The number of amides is 1. The smallest absolute Gasteiger partial charge is 0.326 e. The Morgan fingerprint density at radius 1 is 1.38 bits per heavy atom. The number of aliphatic carboxylic acids is 1. The average Bonchev–Trinajstić information content (AvgIpc) is 2.93. The fourth-order valence-electron chi connectivity index (χ4n) is 2.40. The molecule has 0 bridgehead atoms. The lowest BCUT2D eigenvalue weighted by Gasteiger charge is -2.14. The molecule has 1 unspecified atom stereocenters. The summed E-state index contributed by atoms with van der Waals surface area (Å²) in [5.74, 6) is -2.06. The van der Waals surface area contributed by atoms with E-state index in [-0.39, 0.29) is 11.3 Å². The van der Waals surface area contributed by atoms with Crippen LogP contribution < -0.4 is 5.32 Å². The van der Waals surface area contributed by atoms with Gasteiger partial charge in [-0.05, 0) is 25.5 Å². The van der Waals surface area contributed by atoms with E-state index in [9.17, 15) is 19.1 Å². The Labute approximate surface area is 139 Å². The first kappa shape index (κ1) is 17.7. The Bertz CT molecular complexity index is 742. The molecule has 2 rings (SSSR count). The molecule has 0 fully saturated rings. The summed E-state index contributed by atoms with van der Waals surface area (Å²) in [6.07, 6.45) is 3.21. The normalized spacial score (nSPS) is 12.0. The monoisotopic (exact) mass is 333 g/mol. The third kappa shape index (κ3) is 3.79. The molecule has 24 heavy (non-hydrogen) atoms. The van der Waals surface area contributed by atoms with Crippen LogP contribution in [0, 0.1) is 12.7 Å². The summed E-state index contributed by atoms with van der Waals surface area (Å²) in [7, 11) is 0. The van der Waals surface area contributed by atoms with E-state index in [1.807, 2.05) is 6.92 Å². The molecular formula is C17H20FN3O3. The molecule has 2 N–H and O–H groups in total. The number of benzene rings is 1. The number of nitrogens with one attached hydrogen (secondary N) is 1. The molecule has 6 nitrogen and oxygen atoms in total. The van der Waals surface area contributed by atoms with Crippen LogP contribution in [0.5, 0.6) is 0 Å². The molecule has 1 aromatic carbocycles. The molecule has 1 atom stereocenters. The number of aromatic nitrogens is 2. The van der Waals surface area contributed by atoms with Crippen LogP contribution in [0.15, 0.2) is 30.5 Å². The molecule has 0 aliphatic rings. The van der Waals surface area contributed by atoms with Gasteiger partial charge in [0.25, 0.3) is 5.91 Å². The van der Waals surface area contributed by atoms with Crippen molar-refractivity contribution in [2.24, 2.45) is 0 Å². The highest BCUT2D eigenvalue weighted by Gasteiger charge is 2.23. The maximum atomic E-state index is 13.9. The van der Waals surface area contributed by atoms with Gasteiger partial charge in [-0.2, -0.15) is 5.10 Å². The van der Waals surface area contributed by atoms with Crippen molar-refractivity contribution < 1.29 is 19.1 Å². The van der Waals surface area contributed by atoms with E-state index in [1.165, 1.54) is 16.9 Å². The van der Waals surface area contributed by atoms with E-state index < -0.39 is 23.7 Å². The number of carbonyl (C=O) groups excluding carboxylic acids is 1. The Hall–Kier alpha value is -2.70. The molecule has 1 aromatic heterocycles. The minimum Gasteiger partial charge on any atom is -0.480 e. The van der Waals surface area contributed by atoms with Gasteiger partial charge in [-0.15, -0.1) is 0 Å². The zero-order chi connectivity index (χ0) is 17.7. The van der Waals surface area contributed by atoms with Crippen molar-refractivity contribution >= 4 is 11.9 Å². The van der Waals surface area contributed by atoms with Crippen molar-refractivity contribution in [3.63, 3.8) is 0 Å². The van der Waals surface area contributed by atoms with Crippen LogP contribution in [0.1, 0.15) is 42.2 Å². The van der Waals surface area contributed by atoms with E-state index in [0.29, 0.717) is 18.5 Å². The molecule has 0 aliphatic heterocycles. The Morgan fingerprint density at radius 3 is 2.71 bits per heavy atom. The topological polar surface area (TPSA) is 84.2 Å². The van der Waals surface area contributed by atoms with Gasteiger partial charge in [-0.3, -0.25) is 4.79 Å². The maximum absolute atomic E-state index is 13.9. The van der Waals surface area contributed by atoms with Gasteiger partial charge >= 0.3 is 5.97 Å². The van der Waals surface area contributed by atoms with Crippen LogP contribution in [0.25, 0.3) is 5.69 Å². The molecule has 2 aromatic rings. The highest BCUT2D eigenvalue weighted by atomic mass is 19.1. The number of para-hydroxylation sites is 1. The van der Waals surface area contributed by atoms with E-state index in [0.717, 1.165) is 6.42 Å². The number of carbonyl (C=O) groups is 2. The third-order valence-corrected chi connectivity index (χ3v) is 3.78. The average molecular weight is 333 g/mol. The largest absolute Gasteiger partial charge is 0.480 e. The summed E-state index contributed by atoms with van der Waals surface area (Å²) in [5.41, 5.74) is 0.896. The van der Waals surface area contributed by atoms with Crippen molar-refractivity contribution in [2.45, 2.75) is 39.2 Å². The molecule has 1 heterocycles. The van der Waals surface area contributed by atoms with Crippen LogP contribution in [-0.4, -0.2) is 32.8 Å². The van der Waals surface area contributed by atoms with Crippen LogP contribution in [-0.2, 0) is 4.79 Å². The van der Waals surface area contributed by atoms with Crippen LogP contribution >= 0.6 is 0 Å². The molecule has 1 amide bonds. The quantitative estimate of drug-likeness (QED) is 0.816. The fourth-order valence-corrected chi connectivity index (χ4v) is 2.40. The lowest BCUT2D eigenvalue weighted by molar-refractivity contribution is -0.139. The van der Waals surface area contributed by atoms with Gasteiger partial charge in [0.05, 0.1) is 17.5 Å². The number of hydrogen-bond donors (Lipinski definition) is 2. The van der Waals surface area contributed by atoms with Gasteiger partial charge < -0.3 is 10.4 Å². The molecule has 0 radical (unpaired) electrons. The Kier molecular flexibility index (Phi) is 5.68. The number of carboxylic acid groups (broad SMARTS) is 1. The Balaban J connectivity index is 2.22. The van der Waals surface area contributed by atoms with Crippen LogP contribution in [0.4, 0.5) is 4.39 Å². The molecule has 0 saturated heterocycles. The number of unbranched alkanes of at least 4 members (excludes halogenated alkanes) is 1. The number of hydrogen-bond acceptors (Lipinski definition) is 3. The van der Waals surface area contributed by atoms with Crippen molar-refractivity contribution in [1.82, 2.24) is 15.1 Å². The summed E-state index contributed by atoms with van der Waals surface area (Å²) in [6.45, 7) is 3.58. The van der Waals surface area contributed by atoms with Gasteiger partial charge in [0.1, 0.15) is 17.5 Å². The minimum atomic E-state index is -1.07. The second-order valence-corrected chi connectivity index (χ2v) is 5.51. The van der Waals surface area contributed by atoms with Crippen LogP contribution in [0.3, 0.4) is 0 Å². The molecule has 128 valence electrons. The second kappa shape index (κ2) is 7.72. The van der Waals surface area contributed by atoms with E-state index in [1.54, 1.807) is 25.1 Å². The van der Waals surface area contributed by atoms with Gasteiger partial charge in [0.2, 0.25) is 0 Å². The van der Waals surface area contributed by atoms with E-state index >= 15 is 0 Å². The van der Waals surface area contributed by atoms with Gasteiger partial charge in [0.15, 0.2) is 0 Å². The minimum absolute atomic E-state index is 0.223. The van der Waals surface area contributed by atoms with Crippen molar-refractivity contribution in [1.29, 1.82) is 0 Å². The fraction of sp³-hybridized carbons (Fsp3) is 0.353. The predicted molar refractivity (Wildman–Crippen MR) is 86.7 cm³/mol. The van der Waals surface area contributed by atoms with Crippen molar-refractivity contribution in [3.05, 3.63) is 47.5 Å². The summed E-state index contributed by atoms with van der Waals surface area (Å²) in [5, 5.41) is 15.8. The maximum Gasteiger partial charge on any atom is 0.326 e. The van der Waals surface area contributed by atoms with E-state index in [4.69, 9.17) is 0 Å². The first-order valence-corrected chi connectivity index (χ1v) is 7.78. The number of carboxylic acids is 1. The second-order valence-electron chi connectivity index (χ2n) is 5.51. The third-order valence-electron chi connectivity index (χ3n) is 3.78. The number of rotatable bonds is 7. The van der Waals surface area contributed by atoms with E-state index in [2.05, 4.69) is 10.4 Å². The highest BCUT2D eigenvalue weighted by molar-refractivity contribution is 5.97. The molecule has 7 heteroatoms. The summed E-state index contributed by atoms with van der Waals surface area (Å²) in [6, 6.07) is 5.15. The SMILES string of the molecule is CCCCC(NC(=O)c1cnn(-c2ccccc2F)c1C)C(=O)O. The van der Waals surface area contributed by atoms with Gasteiger partial charge in [0, 0.05) is 0 Å². The predicted octanol–water partition coefficient (Wildman–Crippen LogP) is 2.69. The molecule has 0 saturated carbocycles. The molecule has 0 aliphatic carbocycles. The Morgan fingerprint density at radius 2 is 2.08 bits per heavy atom. The lowest BCUT2D eigenvalue weighted by Crippen LogP contribution is -2.40. The lowest BCUT2D eigenvalue weighted by atomic mass is 10.1. The number of halogens is 1. The standard InChI is InChI=1S/C17H20FN3O3/c1-3-4-8-14(17(23)24)20-16(22)12-10-19-21(11(12)2)15-9-6-5-7-13(15)18/h5-7,9-10,14H,3-4,8H2,1-2H3,(H,20,22)(H,23,24). The van der Waals surface area contributed by atoms with Crippen LogP contribution in [0.2, 0.25) is 0 Å². The highest BCUT2D eigenvalue weighted by Crippen LogP contribution is 2.17. The molecule has 0 spiro atoms. The van der Waals surface area contributed by atoms with Crippen molar-refractivity contribution in [3.8, 4) is 5.69 Å². The summed E-state index contributed by atoms with van der Waals surface area (Å²) in [4.78, 5) is 23.6. The molecular weight excluding hydrogens is 313 g/mol. The first-order chi connectivity index (χ1) is 11.5. The summed E-state index contributed by atoms with van der Waals surface area (Å²) >= 11 is 0. The number of nitrogens with zero attached hydrogens (tertiary/aromatic N) is 2. The zero-order valence-corrected chi connectivity index (χ0v) is 13.6. The zero-order valence-electron chi connectivity index (χ0n) is 13.6. The van der Waals surface area contributed by atoms with Gasteiger partial charge in [-0.25, -0.2) is 13.9 Å². The van der Waals surface area contributed by atoms with Gasteiger partial charge in [-0.1, -0.05) is 31.9 Å². The first-order valence-electron chi connectivity index (χ1n) is 7.78. The van der Waals surface area contributed by atoms with Crippen molar-refractivity contribution in [2.75, 3.05) is 0 Å². The summed E-state index contributed by atoms with van der Waals surface area (Å²) < 4.78 is 15.2.